The van der Waals surface area contributed by atoms with E-state index < -0.39 is 0 Å². The molecule has 2 atom stereocenters. The van der Waals surface area contributed by atoms with E-state index in [0.29, 0.717) is 5.11 Å². The van der Waals surface area contributed by atoms with Crippen molar-refractivity contribution in [2.24, 2.45) is 0 Å². The van der Waals surface area contributed by atoms with Gasteiger partial charge in [0.05, 0.1) is 24.9 Å². The maximum absolute atomic E-state index is 6.14. The first-order chi connectivity index (χ1) is 16.5. The number of rotatable bonds is 5. The molecular weight excluding hydrogens is 464 g/mol. The molecule has 5 rings (SSSR count). The summed E-state index contributed by atoms with van der Waals surface area (Å²) in [7, 11) is 1.67. The van der Waals surface area contributed by atoms with Crippen LogP contribution in [0.3, 0.4) is 0 Å². The quantitative estimate of drug-likeness (QED) is 0.332. The Kier molecular flexibility index (Phi) is 6.02. The van der Waals surface area contributed by atoms with E-state index in [-0.39, 0.29) is 12.1 Å². The van der Waals surface area contributed by atoms with Gasteiger partial charge in [-0.15, -0.1) is 0 Å². The minimum Gasteiger partial charge on any atom is -0.497 e. The average Bonchev–Trinajstić information content (AvgIpc) is 3.35. The molecule has 0 aliphatic carbocycles. The van der Waals surface area contributed by atoms with Gasteiger partial charge in [0.2, 0.25) is 0 Å². The highest BCUT2D eigenvalue weighted by Crippen LogP contribution is 2.44. The Labute approximate surface area is 210 Å². The number of benzene rings is 2. The summed E-state index contributed by atoms with van der Waals surface area (Å²) in [6.45, 7) is 4.28. The average molecular weight is 489 g/mol. The molecule has 0 amide bonds. The SMILES string of the molecule is COc1ccc(N2C(=S)NC(c3ccccn3)C2c2cc(C)n(-c3ccc(Cl)cc3)c2C)cc1. The molecule has 2 aromatic heterocycles. The molecule has 2 aromatic carbocycles. The lowest BCUT2D eigenvalue weighted by Crippen LogP contribution is -2.29. The minimum absolute atomic E-state index is 0.0805. The summed E-state index contributed by atoms with van der Waals surface area (Å²) in [6.07, 6.45) is 1.82. The highest BCUT2D eigenvalue weighted by atomic mass is 35.5. The number of nitrogens with zero attached hydrogens (tertiary/aromatic N) is 3. The molecule has 0 spiro atoms. The molecule has 2 unspecified atom stereocenters. The van der Waals surface area contributed by atoms with E-state index in [9.17, 15) is 0 Å². The van der Waals surface area contributed by atoms with E-state index >= 15 is 0 Å². The molecule has 5 nitrogen and oxygen atoms in total. The monoisotopic (exact) mass is 488 g/mol. The number of hydrogen-bond acceptors (Lipinski definition) is 3. The largest absolute Gasteiger partial charge is 0.497 e. The summed E-state index contributed by atoms with van der Waals surface area (Å²) in [5.74, 6) is 0.806. The fourth-order valence-electron chi connectivity index (χ4n) is 4.77. The lowest BCUT2D eigenvalue weighted by molar-refractivity contribution is 0.415. The van der Waals surface area contributed by atoms with Crippen LogP contribution in [0.15, 0.2) is 79.0 Å². The Morgan fingerprint density at radius 3 is 2.32 bits per heavy atom. The molecule has 1 fully saturated rings. The van der Waals surface area contributed by atoms with Crippen molar-refractivity contribution in [2.45, 2.75) is 25.9 Å². The number of thiocarbonyl (C=S) groups is 1. The number of nitrogens with one attached hydrogen (secondary N) is 1. The molecule has 1 N–H and O–H groups in total. The number of aryl methyl sites for hydroxylation is 1. The van der Waals surface area contributed by atoms with Crippen LogP contribution >= 0.6 is 23.8 Å². The molecule has 4 aromatic rings. The molecule has 7 heteroatoms. The number of aromatic nitrogens is 2. The molecule has 1 aliphatic rings. The van der Waals surface area contributed by atoms with Gasteiger partial charge in [-0.05, 0) is 98.4 Å². The van der Waals surface area contributed by atoms with E-state index in [1.54, 1.807) is 7.11 Å². The first-order valence-electron chi connectivity index (χ1n) is 11.1. The predicted molar refractivity (Wildman–Crippen MR) is 141 cm³/mol. The second kappa shape index (κ2) is 9.12. The van der Waals surface area contributed by atoms with Gasteiger partial charge in [0, 0.05) is 34.0 Å². The van der Waals surface area contributed by atoms with Gasteiger partial charge < -0.3 is 19.5 Å². The van der Waals surface area contributed by atoms with Gasteiger partial charge in [-0.3, -0.25) is 4.98 Å². The molecular formula is C27H25ClN4OS. The van der Waals surface area contributed by atoms with Crippen molar-refractivity contribution >= 4 is 34.6 Å². The first kappa shape index (κ1) is 22.4. The number of halogens is 1. The van der Waals surface area contributed by atoms with Gasteiger partial charge in [0.25, 0.3) is 0 Å². The summed E-state index contributed by atoms with van der Waals surface area (Å²) in [6, 6.07) is 24.0. The third-order valence-electron chi connectivity index (χ3n) is 6.32. The molecule has 1 saturated heterocycles. The highest BCUT2D eigenvalue weighted by Gasteiger charge is 2.42. The van der Waals surface area contributed by atoms with Crippen molar-refractivity contribution < 1.29 is 4.74 Å². The van der Waals surface area contributed by atoms with Crippen LogP contribution in [-0.2, 0) is 0 Å². The Hall–Kier alpha value is -3.35. The minimum atomic E-state index is -0.102. The molecule has 0 bridgehead atoms. The maximum Gasteiger partial charge on any atom is 0.174 e. The summed E-state index contributed by atoms with van der Waals surface area (Å²) in [5.41, 5.74) is 6.49. The Morgan fingerprint density at radius 2 is 1.68 bits per heavy atom. The summed E-state index contributed by atoms with van der Waals surface area (Å²) < 4.78 is 7.63. The molecule has 0 radical (unpaired) electrons. The summed E-state index contributed by atoms with van der Waals surface area (Å²) >= 11 is 12.0. The second-order valence-electron chi connectivity index (χ2n) is 8.33. The third kappa shape index (κ3) is 3.93. The van der Waals surface area contributed by atoms with Gasteiger partial charge in [-0.1, -0.05) is 17.7 Å². The highest BCUT2D eigenvalue weighted by molar-refractivity contribution is 7.80. The fourth-order valence-corrected chi connectivity index (χ4v) is 5.24. The van der Waals surface area contributed by atoms with Crippen molar-refractivity contribution in [3.05, 3.63) is 107 Å². The second-order valence-corrected chi connectivity index (χ2v) is 9.16. The molecule has 0 saturated carbocycles. The van der Waals surface area contributed by atoms with E-state index in [2.05, 4.69) is 39.7 Å². The Morgan fingerprint density at radius 1 is 0.971 bits per heavy atom. The van der Waals surface area contributed by atoms with Crippen LogP contribution in [-0.4, -0.2) is 21.8 Å². The van der Waals surface area contributed by atoms with Gasteiger partial charge in [-0.2, -0.15) is 0 Å². The van der Waals surface area contributed by atoms with Gasteiger partial charge in [0.1, 0.15) is 5.75 Å². The zero-order chi connectivity index (χ0) is 23.8. The van der Waals surface area contributed by atoms with Crippen LogP contribution in [0.4, 0.5) is 5.69 Å². The number of ether oxygens (including phenoxy) is 1. The predicted octanol–water partition coefficient (Wildman–Crippen LogP) is 6.33. The van der Waals surface area contributed by atoms with Crippen LogP contribution in [0.5, 0.6) is 5.75 Å². The van der Waals surface area contributed by atoms with Crippen LogP contribution in [0.25, 0.3) is 5.69 Å². The van der Waals surface area contributed by atoms with Gasteiger partial charge in [-0.25, -0.2) is 0 Å². The number of pyridine rings is 1. The van der Waals surface area contributed by atoms with Gasteiger partial charge in [0.15, 0.2) is 5.11 Å². The molecule has 34 heavy (non-hydrogen) atoms. The fraction of sp³-hybridized carbons (Fsp3) is 0.185. The number of hydrogen-bond donors (Lipinski definition) is 1. The Balaban J connectivity index is 1.66. The first-order valence-corrected chi connectivity index (χ1v) is 11.9. The van der Waals surface area contributed by atoms with Crippen LogP contribution < -0.4 is 15.0 Å². The standard InChI is InChI=1S/C27H25ClN4OS/c1-17-16-23(18(2)31(17)20-9-7-19(28)8-10-20)26-25(24-6-4-5-15-29-24)30-27(34)32(26)21-11-13-22(33-3)14-12-21/h4-16,25-26H,1-3H3,(H,30,34). The lowest BCUT2D eigenvalue weighted by Gasteiger charge is -2.28. The summed E-state index contributed by atoms with van der Waals surface area (Å²) in [5, 5.41) is 4.92. The number of methoxy groups -OCH3 is 1. The zero-order valence-corrected chi connectivity index (χ0v) is 20.8. The molecule has 3 heterocycles. The van der Waals surface area contributed by atoms with Crippen LogP contribution in [0.2, 0.25) is 5.02 Å². The van der Waals surface area contributed by atoms with E-state index in [4.69, 9.17) is 28.6 Å². The zero-order valence-electron chi connectivity index (χ0n) is 19.2. The van der Waals surface area contributed by atoms with Crippen molar-refractivity contribution in [1.82, 2.24) is 14.9 Å². The topological polar surface area (TPSA) is 42.3 Å². The maximum atomic E-state index is 6.14. The summed E-state index contributed by atoms with van der Waals surface area (Å²) in [4.78, 5) is 6.85. The van der Waals surface area contributed by atoms with Crippen LogP contribution in [0, 0.1) is 13.8 Å². The van der Waals surface area contributed by atoms with E-state index in [1.165, 1.54) is 5.56 Å². The van der Waals surface area contributed by atoms with E-state index in [1.807, 2.05) is 72.9 Å². The normalized spacial score (nSPS) is 17.6. The van der Waals surface area contributed by atoms with Crippen molar-refractivity contribution in [1.29, 1.82) is 0 Å². The van der Waals surface area contributed by atoms with Crippen molar-refractivity contribution in [3.63, 3.8) is 0 Å². The Bertz CT molecular complexity index is 1320. The van der Waals surface area contributed by atoms with Crippen LogP contribution in [0.1, 0.15) is 34.7 Å². The third-order valence-corrected chi connectivity index (χ3v) is 6.89. The van der Waals surface area contributed by atoms with Crippen molar-refractivity contribution in [2.75, 3.05) is 12.0 Å². The van der Waals surface area contributed by atoms with E-state index in [0.717, 1.165) is 39.2 Å². The lowest BCUT2D eigenvalue weighted by atomic mass is 9.96. The smallest absolute Gasteiger partial charge is 0.174 e. The number of anilines is 1. The van der Waals surface area contributed by atoms with Crippen molar-refractivity contribution in [3.8, 4) is 11.4 Å². The van der Waals surface area contributed by atoms with Gasteiger partial charge >= 0.3 is 0 Å². The molecule has 1 aliphatic heterocycles. The molecule has 172 valence electrons.